The van der Waals surface area contributed by atoms with Gasteiger partial charge in [0.1, 0.15) is 0 Å². The van der Waals surface area contributed by atoms with E-state index in [9.17, 15) is 4.79 Å². The maximum Gasteiger partial charge on any atom is 0.229 e. The van der Waals surface area contributed by atoms with Crippen molar-refractivity contribution in [2.24, 2.45) is 0 Å². The first-order valence-electron chi connectivity index (χ1n) is 7.05. The molecule has 0 fully saturated rings. The van der Waals surface area contributed by atoms with E-state index in [-0.39, 0.29) is 12.5 Å². The van der Waals surface area contributed by atoms with Gasteiger partial charge in [-0.3, -0.25) is 4.79 Å². The Morgan fingerprint density at radius 2 is 1.86 bits per heavy atom. The zero-order chi connectivity index (χ0) is 14.9. The minimum absolute atomic E-state index is 0.108. The van der Waals surface area contributed by atoms with Gasteiger partial charge in [0.05, 0.1) is 12.1 Å². The number of benzene rings is 1. The van der Waals surface area contributed by atoms with Gasteiger partial charge in [-0.2, -0.15) is 5.10 Å². The molecule has 1 aromatic carbocycles. The Labute approximate surface area is 124 Å². The summed E-state index contributed by atoms with van der Waals surface area (Å²) in [5.74, 6) is 0.352. The Hall–Kier alpha value is -2.27. The van der Waals surface area contributed by atoms with Crippen molar-refractivity contribution in [3.63, 3.8) is 0 Å². The van der Waals surface area contributed by atoms with Crippen LogP contribution in [0.3, 0.4) is 0 Å². The molecule has 0 atom stereocenters. The van der Waals surface area contributed by atoms with Gasteiger partial charge < -0.3 is 10.4 Å². The van der Waals surface area contributed by atoms with Gasteiger partial charge in [0, 0.05) is 6.61 Å². The predicted molar refractivity (Wildman–Crippen MR) is 80.8 cm³/mol. The fraction of sp³-hybridized carbons (Fsp3) is 0.312. The van der Waals surface area contributed by atoms with Gasteiger partial charge in [-0.05, 0) is 37.0 Å². The van der Waals surface area contributed by atoms with Crippen LogP contribution in [0, 0.1) is 0 Å². The van der Waals surface area contributed by atoms with Crippen LogP contribution in [0.4, 0.5) is 5.82 Å². The molecule has 0 aliphatic carbocycles. The van der Waals surface area contributed by atoms with Crippen LogP contribution in [-0.2, 0) is 17.6 Å². The van der Waals surface area contributed by atoms with Crippen LogP contribution >= 0.6 is 0 Å². The van der Waals surface area contributed by atoms with E-state index in [1.807, 2.05) is 36.4 Å². The molecule has 0 bridgehead atoms. The largest absolute Gasteiger partial charge is 0.396 e. The van der Waals surface area contributed by atoms with E-state index in [1.165, 1.54) is 0 Å². The van der Waals surface area contributed by atoms with Crippen LogP contribution in [0.1, 0.15) is 24.1 Å². The second-order valence-corrected chi connectivity index (χ2v) is 4.80. The zero-order valence-electron chi connectivity index (χ0n) is 11.8. The highest BCUT2D eigenvalue weighted by Gasteiger charge is 2.05. The number of hydrogen-bond donors (Lipinski definition) is 2. The van der Waals surface area contributed by atoms with E-state index in [1.54, 1.807) is 6.07 Å². The van der Waals surface area contributed by atoms with Crippen LogP contribution in [0.25, 0.3) is 0 Å². The number of unbranched alkanes of at least 4 members (excludes halogenated alkanes) is 1. The lowest BCUT2D eigenvalue weighted by Crippen LogP contribution is -2.15. The average Bonchev–Trinajstić information content (AvgIpc) is 2.50. The number of aryl methyl sites for hydroxylation is 1. The summed E-state index contributed by atoms with van der Waals surface area (Å²) >= 11 is 0. The van der Waals surface area contributed by atoms with Gasteiger partial charge in [0.15, 0.2) is 5.82 Å². The molecule has 0 aliphatic heterocycles. The van der Waals surface area contributed by atoms with Crippen LogP contribution in [0.15, 0.2) is 42.5 Å². The second kappa shape index (κ2) is 8.11. The van der Waals surface area contributed by atoms with Gasteiger partial charge in [-0.25, -0.2) is 0 Å². The van der Waals surface area contributed by atoms with Crippen LogP contribution in [0.5, 0.6) is 0 Å². The number of rotatable bonds is 7. The number of aliphatic hydroxyl groups is 1. The molecular formula is C16H19N3O2. The number of hydrogen-bond acceptors (Lipinski definition) is 4. The molecule has 1 aromatic heterocycles. The van der Waals surface area contributed by atoms with E-state index in [0.717, 1.165) is 30.5 Å². The van der Waals surface area contributed by atoms with E-state index in [0.29, 0.717) is 12.2 Å². The van der Waals surface area contributed by atoms with Crippen molar-refractivity contribution in [1.29, 1.82) is 0 Å². The topological polar surface area (TPSA) is 75.1 Å². The highest BCUT2D eigenvalue weighted by Crippen LogP contribution is 2.07. The summed E-state index contributed by atoms with van der Waals surface area (Å²) in [6.07, 6.45) is 2.74. The van der Waals surface area contributed by atoms with Crippen LogP contribution in [-0.4, -0.2) is 27.8 Å². The summed E-state index contributed by atoms with van der Waals surface area (Å²) in [5, 5.41) is 19.5. The summed E-state index contributed by atoms with van der Waals surface area (Å²) in [6.45, 7) is 0.195. The average molecular weight is 285 g/mol. The van der Waals surface area contributed by atoms with Crippen molar-refractivity contribution < 1.29 is 9.90 Å². The van der Waals surface area contributed by atoms with Gasteiger partial charge >= 0.3 is 0 Å². The number of aliphatic hydroxyl groups excluding tert-OH is 1. The number of amides is 1. The maximum atomic E-state index is 11.9. The summed E-state index contributed by atoms with van der Waals surface area (Å²) in [5.41, 5.74) is 1.83. The molecule has 2 N–H and O–H groups in total. The molecule has 21 heavy (non-hydrogen) atoms. The summed E-state index contributed by atoms with van der Waals surface area (Å²) in [7, 11) is 0. The smallest absolute Gasteiger partial charge is 0.229 e. The van der Waals surface area contributed by atoms with Gasteiger partial charge in [-0.1, -0.05) is 30.3 Å². The lowest BCUT2D eigenvalue weighted by atomic mass is 10.1. The Bertz CT molecular complexity index is 555. The molecule has 0 unspecified atom stereocenters. The molecule has 1 heterocycles. The molecule has 5 nitrogen and oxygen atoms in total. The fourth-order valence-electron chi connectivity index (χ4n) is 1.95. The number of aromatic nitrogens is 2. The summed E-state index contributed by atoms with van der Waals surface area (Å²) in [4.78, 5) is 11.9. The molecule has 2 aromatic rings. The molecule has 0 aliphatic rings. The Kier molecular flexibility index (Phi) is 5.84. The Morgan fingerprint density at radius 1 is 1.05 bits per heavy atom. The van der Waals surface area contributed by atoms with Crippen molar-refractivity contribution >= 4 is 11.7 Å². The lowest BCUT2D eigenvalue weighted by molar-refractivity contribution is -0.115. The maximum absolute atomic E-state index is 11.9. The van der Waals surface area contributed by atoms with Crippen molar-refractivity contribution in [3.05, 3.63) is 53.7 Å². The zero-order valence-corrected chi connectivity index (χ0v) is 11.8. The Morgan fingerprint density at radius 3 is 2.52 bits per heavy atom. The third kappa shape index (κ3) is 5.31. The van der Waals surface area contributed by atoms with Gasteiger partial charge in [0.2, 0.25) is 5.91 Å². The highest BCUT2D eigenvalue weighted by molar-refractivity contribution is 5.91. The molecule has 2 rings (SSSR count). The standard InChI is InChI=1S/C16H19N3O2/c20-11-5-4-8-14-9-10-15(19-18-14)17-16(21)12-13-6-2-1-3-7-13/h1-3,6-7,9-10,20H,4-5,8,11-12H2,(H,17,19,21). The molecule has 110 valence electrons. The third-order valence-corrected chi connectivity index (χ3v) is 3.04. The first-order valence-corrected chi connectivity index (χ1v) is 7.05. The fourth-order valence-corrected chi connectivity index (χ4v) is 1.95. The number of anilines is 1. The lowest BCUT2D eigenvalue weighted by Gasteiger charge is -2.05. The first-order chi connectivity index (χ1) is 10.3. The van der Waals surface area contributed by atoms with E-state index in [4.69, 9.17) is 5.11 Å². The van der Waals surface area contributed by atoms with E-state index < -0.39 is 0 Å². The van der Waals surface area contributed by atoms with Crippen LogP contribution < -0.4 is 5.32 Å². The summed E-state index contributed by atoms with van der Waals surface area (Å²) < 4.78 is 0. The van der Waals surface area contributed by atoms with Crippen molar-refractivity contribution in [2.45, 2.75) is 25.7 Å². The normalized spacial score (nSPS) is 10.3. The monoisotopic (exact) mass is 285 g/mol. The molecule has 0 saturated carbocycles. The minimum atomic E-state index is -0.108. The first kappa shape index (κ1) is 15.1. The summed E-state index contributed by atoms with van der Waals surface area (Å²) in [6, 6.07) is 13.2. The molecular weight excluding hydrogens is 266 g/mol. The second-order valence-electron chi connectivity index (χ2n) is 4.80. The number of carbonyl (C=O) groups is 1. The molecule has 0 saturated heterocycles. The quantitative estimate of drug-likeness (QED) is 0.763. The van der Waals surface area contributed by atoms with Gasteiger partial charge in [-0.15, -0.1) is 5.10 Å². The SMILES string of the molecule is O=C(Cc1ccccc1)Nc1ccc(CCCCO)nn1. The minimum Gasteiger partial charge on any atom is -0.396 e. The predicted octanol–water partition coefficient (Wildman–Crippen LogP) is 1.97. The van der Waals surface area contributed by atoms with E-state index in [2.05, 4.69) is 15.5 Å². The number of nitrogens with one attached hydrogen (secondary N) is 1. The van der Waals surface area contributed by atoms with Crippen molar-refractivity contribution in [1.82, 2.24) is 10.2 Å². The van der Waals surface area contributed by atoms with Crippen molar-refractivity contribution in [3.8, 4) is 0 Å². The molecule has 5 heteroatoms. The molecule has 1 amide bonds. The van der Waals surface area contributed by atoms with Crippen LogP contribution in [0.2, 0.25) is 0 Å². The third-order valence-electron chi connectivity index (χ3n) is 3.04. The van der Waals surface area contributed by atoms with Crippen molar-refractivity contribution in [2.75, 3.05) is 11.9 Å². The number of nitrogens with zero attached hydrogens (tertiary/aromatic N) is 2. The van der Waals surface area contributed by atoms with Gasteiger partial charge in [0.25, 0.3) is 0 Å². The Balaban J connectivity index is 1.83. The highest BCUT2D eigenvalue weighted by atomic mass is 16.2. The molecule has 0 spiro atoms. The number of carbonyl (C=O) groups excluding carboxylic acids is 1. The molecule has 0 radical (unpaired) electrons. The van der Waals surface area contributed by atoms with E-state index >= 15 is 0 Å².